The normalized spacial score (nSPS) is 29.7. The molecule has 2 atom stereocenters. The molecule has 2 unspecified atom stereocenters. The molecule has 1 saturated carbocycles. The lowest BCUT2D eigenvalue weighted by molar-refractivity contribution is -0.149. The van der Waals surface area contributed by atoms with Crippen LogP contribution in [-0.4, -0.2) is 48.4 Å². The van der Waals surface area contributed by atoms with Gasteiger partial charge in [0.25, 0.3) is 0 Å². The van der Waals surface area contributed by atoms with Gasteiger partial charge < -0.3 is 15.0 Å². The maximum absolute atomic E-state index is 12.0. The molecule has 2 amide bonds. The number of nitrogens with zero attached hydrogens (tertiary/aromatic N) is 1. The minimum absolute atomic E-state index is 0.0118. The van der Waals surface area contributed by atoms with Crippen LogP contribution in [0.25, 0.3) is 0 Å². The van der Waals surface area contributed by atoms with Gasteiger partial charge in [-0.15, -0.1) is 0 Å². The van der Waals surface area contributed by atoms with E-state index in [1.807, 2.05) is 0 Å². The van der Waals surface area contributed by atoms with E-state index in [-0.39, 0.29) is 42.8 Å². The van der Waals surface area contributed by atoms with Crippen molar-refractivity contribution < 1.29 is 19.1 Å². The maximum Gasteiger partial charge on any atom is 0.311 e. The second-order valence-corrected chi connectivity index (χ2v) is 6.08. The monoisotopic (exact) mass is 280 g/mol. The lowest BCUT2D eigenvalue weighted by Gasteiger charge is -2.16. The maximum atomic E-state index is 12.0. The predicted octanol–water partition coefficient (Wildman–Crippen LogP) is 0.0667. The summed E-state index contributed by atoms with van der Waals surface area (Å²) < 4.78 is 5.24. The fraction of sp³-hybridized carbons (Fsp3) is 0.786. The Morgan fingerprint density at radius 1 is 1.30 bits per heavy atom. The quantitative estimate of drug-likeness (QED) is 0.723. The van der Waals surface area contributed by atoms with E-state index in [0.29, 0.717) is 25.3 Å². The summed E-state index contributed by atoms with van der Waals surface area (Å²) >= 11 is 0. The van der Waals surface area contributed by atoms with E-state index in [9.17, 15) is 14.4 Å². The minimum atomic E-state index is -0.335. The van der Waals surface area contributed by atoms with Crippen LogP contribution in [0.4, 0.5) is 0 Å². The lowest BCUT2D eigenvalue weighted by atomic mass is 10.1. The number of hydrogen-bond donors (Lipinski definition) is 1. The number of likely N-dealkylation sites (tertiary alicyclic amines) is 1. The first-order chi connectivity index (χ1) is 9.61. The Hall–Kier alpha value is -1.59. The number of rotatable bonds is 5. The second kappa shape index (κ2) is 5.42. The van der Waals surface area contributed by atoms with Crippen LogP contribution in [0.1, 0.15) is 32.1 Å². The third kappa shape index (κ3) is 3.11. The number of hydrogen-bond acceptors (Lipinski definition) is 4. The third-order valence-corrected chi connectivity index (χ3v) is 4.24. The summed E-state index contributed by atoms with van der Waals surface area (Å²) in [6.07, 6.45) is 3.87. The van der Waals surface area contributed by atoms with E-state index in [1.54, 1.807) is 4.90 Å². The Balaban J connectivity index is 1.43. The minimum Gasteiger partial charge on any atom is -0.463 e. The zero-order valence-corrected chi connectivity index (χ0v) is 11.5. The van der Waals surface area contributed by atoms with E-state index in [2.05, 4.69) is 5.32 Å². The van der Waals surface area contributed by atoms with Crippen LogP contribution in [0.3, 0.4) is 0 Å². The molecule has 1 aliphatic carbocycles. The highest BCUT2D eigenvalue weighted by molar-refractivity contribution is 5.86. The SMILES string of the molecule is O=C1CCC(COC(=O)C2CC(=O)N(CC3CC3)C2)N1. The zero-order chi connectivity index (χ0) is 14.1. The molecule has 20 heavy (non-hydrogen) atoms. The van der Waals surface area contributed by atoms with Crippen molar-refractivity contribution in [1.82, 2.24) is 10.2 Å². The molecule has 3 aliphatic rings. The molecule has 3 fully saturated rings. The van der Waals surface area contributed by atoms with Crippen molar-refractivity contribution >= 4 is 17.8 Å². The summed E-state index contributed by atoms with van der Waals surface area (Å²) in [6, 6.07) is -0.0638. The van der Waals surface area contributed by atoms with Crippen molar-refractivity contribution in [3.63, 3.8) is 0 Å². The van der Waals surface area contributed by atoms with Gasteiger partial charge in [0.1, 0.15) is 6.61 Å². The Morgan fingerprint density at radius 3 is 2.75 bits per heavy atom. The number of nitrogens with one attached hydrogen (secondary N) is 1. The van der Waals surface area contributed by atoms with Crippen LogP contribution < -0.4 is 5.32 Å². The molecule has 6 heteroatoms. The average Bonchev–Trinajstić information content (AvgIpc) is 3.02. The Bertz CT molecular complexity index is 433. The predicted molar refractivity (Wildman–Crippen MR) is 69.5 cm³/mol. The molecule has 2 saturated heterocycles. The average molecular weight is 280 g/mol. The number of carbonyl (C=O) groups excluding carboxylic acids is 3. The molecule has 0 aromatic rings. The van der Waals surface area contributed by atoms with Gasteiger partial charge in [-0.3, -0.25) is 14.4 Å². The first-order valence-electron chi connectivity index (χ1n) is 7.35. The topological polar surface area (TPSA) is 75.7 Å². The van der Waals surface area contributed by atoms with Gasteiger partial charge in [0.15, 0.2) is 0 Å². The van der Waals surface area contributed by atoms with Gasteiger partial charge in [-0.1, -0.05) is 0 Å². The first kappa shape index (κ1) is 13.4. The molecule has 0 radical (unpaired) electrons. The first-order valence-corrected chi connectivity index (χ1v) is 7.35. The molecule has 6 nitrogen and oxygen atoms in total. The third-order valence-electron chi connectivity index (χ3n) is 4.24. The summed E-state index contributed by atoms with van der Waals surface area (Å²) in [5.41, 5.74) is 0. The van der Waals surface area contributed by atoms with Crippen LogP contribution in [0, 0.1) is 11.8 Å². The highest BCUT2D eigenvalue weighted by atomic mass is 16.5. The highest BCUT2D eigenvalue weighted by Gasteiger charge is 2.38. The summed E-state index contributed by atoms with van der Waals surface area (Å²) in [6.45, 7) is 1.50. The molecule has 2 aliphatic heterocycles. The molecule has 3 rings (SSSR count). The van der Waals surface area contributed by atoms with E-state index in [4.69, 9.17) is 4.74 Å². The van der Waals surface area contributed by atoms with Crippen molar-refractivity contribution in [3.8, 4) is 0 Å². The highest BCUT2D eigenvalue weighted by Crippen LogP contribution is 2.32. The van der Waals surface area contributed by atoms with Crippen LogP contribution in [-0.2, 0) is 19.1 Å². The fourth-order valence-electron chi connectivity index (χ4n) is 2.82. The number of amides is 2. The van der Waals surface area contributed by atoms with Crippen LogP contribution in [0.5, 0.6) is 0 Å². The molecular formula is C14H20N2O4. The van der Waals surface area contributed by atoms with E-state index in [1.165, 1.54) is 12.8 Å². The van der Waals surface area contributed by atoms with Gasteiger partial charge in [0.2, 0.25) is 11.8 Å². The lowest BCUT2D eigenvalue weighted by Crippen LogP contribution is -2.33. The van der Waals surface area contributed by atoms with Crippen molar-refractivity contribution in [2.45, 2.75) is 38.1 Å². The van der Waals surface area contributed by atoms with Crippen LogP contribution in [0.15, 0.2) is 0 Å². The number of ether oxygens (including phenoxy) is 1. The molecule has 2 heterocycles. The van der Waals surface area contributed by atoms with Gasteiger partial charge in [-0.05, 0) is 25.2 Å². The zero-order valence-electron chi connectivity index (χ0n) is 11.5. The molecule has 0 aromatic heterocycles. The summed E-state index contributed by atoms with van der Waals surface area (Å²) in [4.78, 5) is 36.6. The van der Waals surface area contributed by atoms with E-state index < -0.39 is 0 Å². The molecule has 0 spiro atoms. The Kier molecular flexibility index (Phi) is 3.63. The fourth-order valence-corrected chi connectivity index (χ4v) is 2.82. The van der Waals surface area contributed by atoms with Crippen LogP contribution >= 0.6 is 0 Å². The molecule has 0 aromatic carbocycles. The standard InChI is InChI=1S/C14H20N2O4/c17-12-4-3-11(15-12)8-20-14(19)10-5-13(18)16(7-10)6-9-1-2-9/h9-11H,1-8H2,(H,15,17). The van der Waals surface area contributed by atoms with Crippen molar-refractivity contribution in [2.24, 2.45) is 11.8 Å². The number of esters is 1. The molecule has 0 bridgehead atoms. The van der Waals surface area contributed by atoms with Crippen molar-refractivity contribution in [2.75, 3.05) is 19.7 Å². The molecule has 1 N–H and O–H groups in total. The van der Waals surface area contributed by atoms with Crippen LogP contribution in [0.2, 0.25) is 0 Å². The summed E-state index contributed by atoms with van der Waals surface area (Å²) in [7, 11) is 0. The van der Waals surface area contributed by atoms with Crippen molar-refractivity contribution in [1.29, 1.82) is 0 Å². The van der Waals surface area contributed by atoms with E-state index in [0.717, 1.165) is 6.54 Å². The Labute approximate surface area is 117 Å². The second-order valence-electron chi connectivity index (χ2n) is 6.08. The smallest absolute Gasteiger partial charge is 0.311 e. The summed E-state index contributed by atoms with van der Waals surface area (Å²) in [5, 5.41) is 2.76. The van der Waals surface area contributed by atoms with Gasteiger partial charge >= 0.3 is 5.97 Å². The largest absolute Gasteiger partial charge is 0.463 e. The number of carbonyl (C=O) groups is 3. The van der Waals surface area contributed by atoms with Gasteiger partial charge in [0, 0.05) is 25.9 Å². The van der Waals surface area contributed by atoms with Gasteiger partial charge in [-0.2, -0.15) is 0 Å². The van der Waals surface area contributed by atoms with Gasteiger partial charge in [-0.25, -0.2) is 0 Å². The van der Waals surface area contributed by atoms with Crippen molar-refractivity contribution in [3.05, 3.63) is 0 Å². The molecule has 110 valence electrons. The Morgan fingerprint density at radius 2 is 2.10 bits per heavy atom. The molecular weight excluding hydrogens is 260 g/mol. The van der Waals surface area contributed by atoms with E-state index >= 15 is 0 Å². The van der Waals surface area contributed by atoms with Gasteiger partial charge in [0.05, 0.1) is 12.0 Å². The summed E-state index contributed by atoms with van der Waals surface area (Å²) in [5.74, 6) is 0.0734.